The molecule has 5 aromatic carbocycles. The molecule has 214 valence electrons. The largest absolute Gasteiger partial charge is 0.496 e. The Bertz CT molecular complexity index is 1410. The second kappa shape index (κ2) is 14.1. The highest BCUT2D eigenvalue weighted by Crippen LogP contribution is 2.49. The third kappa shape index (κ3) is 6.31. The van der Waals surface area contributed by atoms with E-state index in [1.165, 1.54) is 0 Å². The van der Waals surface area contributed by atoms with Crippen LogP contribution < -0.4 is 49.2 Å². The maximum absolute atomic E-state index is 6.92. The van der Waals surface area contributed by atoms with E-state index in [1.807, 2.05) is 121 Å². The van der Waals surface area contributed by atoms with Crippen molar-refractivity contribution in [1.82, 2.24) is 0 Å². The molecule has 0 N–H and O–H groups in total. The predicted molar refractivity (Wildman–Crippen MR) is 172 cm³/mol. The number of benzene rings is 5. The standard InChI is InChI=1S/C34H32O6P2/c1-35-27-17-7-11-21-31(27)41(32-22-12-8-18-28(32)36-2)39-25-15-5-6-16-26(25)40-42(33-23-13-9-19-29(33)37-3)34-24-14-10-20-30(34)38-4/h5-24H,1-4H3. The zero-order valence-corrected chi connectivity index (χ0v) is 25.7. The fourth-order valence-corrected chi connectivity index (χ4v) is 8.40. The van der Waals surface area contributed by atoms with Crippen LogP contribution in [0.3, 0.4) is 0 Å². The molecule has 0 unspecified atom stereocenters. The van der Waals surface area contributed by atoms with Gasteiger partial charge in [0.2, 0.25) is 0 Å². The van der Waals surface area contributed by atoms with Gasteiger partial charge in [0.15, 0.2) is 27.8 Å². The van der Waals surface area contributed by atoms with E-state index < -0.39 is 16.3 Å². The number of hydrogen-bond donors (Lipinski definition) is 0. The maximum Gasteiger partial charge on any atom is 0.166 e. The van der Waals surface area contributed by atoms with Crippen molar-refractivity contribution in [2.24, 2.45) is 0 Å². The first kappa shape index (κ1) is 29.3. The van der Waals surface area contributed by atoms with Gasteiger partial charge in [-0.2, -0.15) is 0 Å². The SMILES string of the molecule is COc1ccccc1P(Oc1ccccc1OP(c1ccccc1OC)c1ccccc1OC)c1ccccc1OC. The minimum atomic E-state index is -1.42. The van der Waals surface area contributed by atoms with Gasteiger partial charge in [-0.3, -0.25) is 0 Å². The van der Waals surface area contributed by atoms with Crippen molar-refractivity contribution in [3.8, 4) is 34.5 Å². The van der Waals surface area contributed by atoms with E-state index in [9.17, 15) is 0 Å². The van der Waals surface area contributed by atoms with Crippen LogP contribution in [0, 0.1) is 0 Å². The molecule has 0 aliphatic carbocycles. The fraction of sp³-hybridized carbons (Fsp3) is 0.118. The van der Waals surface area contributed by atoms with E-state index >= 15 is 0 Å². The molecule has 5 rings (SSSR count). The summed E-state index contributed by atoms with van der Waals surface area (Å²) in [5.74, 6) is 4.13. The topological polar surface area (TPSA) is 55.4 Å². The molecule has 0 saturated carbocycles. The number of para-hydroxylation sites is 6. The van der Waals surface area contributed by atoms with E-state index in [-0.39, 0.29) is 0 Å². The average Bonchev–Trinajstić information content (AvgIpc) is 3.06. The minimum absolute atomic E-state index is 0.595. The quantitative estimate of drug-likeness (QED) is 0.151. The maximum atomic E-state index is 6.92. The summed E-state index contributed by atoms with van der Waals surface area (Å²) in [5, 5.41) is 3.69. The highest BCUT2D eigenvalue weighted by Gasteiger charge is 2.28. The first-order valence-corrected chi connectivity index (χ1v) is 15.8. The summed E-state index contributed by atoms with van der Waals surface area (Å²) >= 11 is 0. The second-order valence-electron chi connectivity index (χ2n) is 8.91. The van der Waals surface area contributed by atoms with Crippen LogP contribution in [0.5, 0.6) is 34.5 Å². The van der Waals surface area contributed by atoms with Crippen molar-refractivity contribution in [2.75, 3.05) is 28.4 Å². The summed E-state index contributed by atoms with van der Waals surface area (Å²) in [6.07, 6.45) is 0. The summed E-state index contributed by atoms with van der Waals surface area (Å²) in [6, 6.07) is 39.3. The molecule has 0 aromatic heterocycles. The number of rotatable bonds is 12. The Labute approximate surface area is 249 Å². The Morgan fingerprint density at radius 2 is 0.524 bits per heavy atom. The first-order chi connectivity index (χ1) is 20.7. The predicted octanol–water partition coefficient (Wildman–Crippen LogP) is 6.57. The molecule has 0 spiro atoms. The molecule has 0 saturated heterocycles. The van der Waals surface area contributed by atoms with Gasteiger partial charge < -0.3 is 28.0 Å². The van der Waals surface area contributed by atoms with Crippen molar-refractivity contribution in [1.29, 1.82) is 0 Å². The second-order valence-corrected chi connectivity index (χ2v) is 12.4. The molecule has 0 radical (unpaired) electrons. The van der Waals surface area contributed by atoms with Gasteiger partial charge in [-0.05, 0) is 60.7 Å². The average molecular weight is 599 g/mol. The van der Waals surface area contributed by atoms with Gasteiger partial charge in [0.1, 0.15) is 23.0 Å². The zero-order valence-electron chi connectivity index (χ0n) is 23.9. The molecule has 0 fully saturated rings. The highest BCUT2D eigenvalue weighted by atomic mass is 31.1. The highest BCUT2D eigenvalue weighted by molar-refractivity contribution is 7.69. The van der Waals surface area contributed by atoms with E-state index in [4.69, 9.17) is 28.0 Å². The lowest BCUT2D eigenvalue weighted by molar-refractivity contribution is 0.416. The van der Waals surface area contributed by atoms with E-state index in [0.29, 0.717) is 11.5 Å². The molecule has 0 amide bonds. The number of methoxy groups -OCH3 is 4. The molecule has 5 aromatic rings. The van der Waals surface area contributed by atoms with Crippen molar-refractivity contribution in [3.63, 3.8) is 0 Å². The van der Waals surface area contributed by atoms with Crippen LogP contribution in [-0.2, 0) is 0 Å². The summed E-state index contributed by atoms with van der Waals surface area (Å²) in [4.78, 5) is 0. The molecule has 0 aliphatic rings. The fourth-order valence-electron chi connectivity index (χ4n) is 4.44. The van der Waals surface area contributed by atoms with Crippen LogP contribution in [-0.4, -0.2) is 28.4 Å². The summed E-state index contributed by atoms with van der Waals surface area (Å²) in [7, 11) is 3.82. The number of ether oxygens (including phenoxy) is 4. The molecule has 42 heavy (non-hydrogen) atoms. The summed E-state index contributed by atoms with van der Waals surface area (Å²) in [5.41, 5.74) is 0. The monoisotopic (exact) mass is 598 g/mol. The van der Waals surface area contributed by atoms with Gasteiger partial charge in [0.05, 0.1) is 49.7 Å². The molecule has 0 atom stereocenters. The van der Waals surface area contributed by atoms with Gasteiger partial charge >= 0.3 is 0 Å². The van der Waals surface area contributed by atoms with Gasteiger partial charge in [-0.1, -0.05) is 60.7 Å². The van der Waals surface area contributed by atoms with Crippen LogP contribution in [0.25, 0.3) is 0 Å². The van der Waals surface area contributed by atoms with Crippen molar-refractivity contribution in [2.45, 2.75) is 0 Å². The van der Waals surface area contributed by atoms with Crippen molar-refractivity contribution in [3.05, 3.63) is 121 Å². The third-order valence-corrected chi connectivity index (χ3v) is 10.4. The van der Waals surface area contributed by atoms with Crippen molar-refractivity contribution < 1.29 is 28.0 Å². The summed E-state index contributed by atoms with van der Waals surface area (Å²) in [6.45, 7) is 0. The van der Waals surface area contributed by atoms with Crippen molar-refractivity contribution >= 4 is 37.5 Å². The van der Waals surface area contributed by atoms with Crippen LogP contribution >= 0.6 is 16.3 Å². The van der Waals surface area contributed by atoms with Gasteiger partial charge in [-0.15, -0.1) is 0 Å². The Kier molecular flexibility index (Phi) is 9.82. The Morgan fingerprint density at radius 1 is 0.310 bits per heavy atom. The molecule has 0 aliphatic heterocycles. The molecule has 6 nitrogen and oxygen atoms in total. The number of hydrogen-bond acceptors (Lipinski definition) is 6. The lowest BCUT2D eigenvalue weighted by Crippen LogP contribution is -2.20. The first-order valence-electron chi connectivity index (χ1n) is 13.3. The molecule has 8 heteroatoms. The van der Waals surface area contributed by atoms with Crippen LogP contribution in [0.1, 0.15) is 0 Å². The van der Waals surface area contributed by atoms with Gasteiger partial charge in [-0.25, -0.2) is 0 Å². The normalized spacial score (nSPS) is 10.8. The van der Waals surface area contributed by atoms with Gasteiger partial charge in [0, 0.05) is 0 Å². The van der Waals surface area contributed by atoms with E-state index in [2.05, 4.69) is 0 Å². The summed E-state index contributed by atoms with van der Waals surface area (Å²) < 4.78 is 36.9. The van der Waals surface area contributed by atoms with Crippen LogP contribution in [0.15, 0.2) is 121 Å². The molecule has 0 heterocycles. The molecule has 0 bridgehead atoms. The van der Waals surface area contributed by atoms with Crippen LogP contribution in [0.4, 0.5) is 0 Å². The van der Waals surface area contributed by atoms with Crippen LogP contribution in [0.2, 0.25) is 0 Å². The Morgan fingerprint density at radius 3 is 0.762 bits per heavy atom. The van der Waals surface area contributed by atoms with E-state index in [1.54, 1.807) is 28.4 Å². The lowest BCUT2D eigenvalue weighted by atomic mass is 10.3. The van der Waals surface area contributed by atoms with Gasteiger partial charge in [0.25, 0.3) is 0 Å². The third-order valence-electron chi connectivity index (χ3n) is 6.44. The minimum Gasteiger partial charge on any atom is -0.496 e. The molecular formula is C34H32O6P2. The van der Waals surface area contributed by atoms with E-state index in [0.717, 1.165) is 44.2 Å². The Balaban J connectivity index is 1.62. The smallest absolute Gasteiger partial charge is 0.166 e. The molecular weight excluding hydrogens is 566 g/mol. The zero-order chi connectivity index (χ0) is 29.3. The Hall–Kier alpha value is -4.24. The lowest BCUT2D eigenvalue weighted by Gasteiger charge is -2.26.